The van der Waals surface area contributed by atoms with Gasteiger partial charge in [-0.2, -0.15) is 0 Å². The predicted octanol–water partition coefficient (Wildman–Crippen LogP) is 2.32. The Morgan fingerprint density at radius 1 is 0.897 bits per heavy atom. The van der Waals surface area contributed by atoms with Crippen molar-refractivity contribution in [2.45, 2.75) is 26.3 Å². The molecule has 1 aromatic carbocycles. The van der Waals surface area contributed by atoms with Gasteiger partial charge in [0.05, 0.1) is 12.2 Å². The minimum atomic E-state index is 0. The summed E-state index contributed by atoms with van der Waals surface area (Å²) in [6.07, 6.45) is 4.14. The summed E-state index contributed by atoms with van der Waals surface area (Å²) in [5.41, 5.74) is 3.30. The second-order valence-electron chi connectivity index (χ2n) is 4.57. The summed E-state index contributed by atoms with van der Waals surface area (Å²) < 4.78 is 41.4. The molecule has 2 heterocycles. The van der Waals surface area contributed by atoms with E-state index in [0.29, 0.717) is 0 Å². The number of hydrogen-bond acceptors (Lipinski definition) is 1. The molecule has 29 heavy (non-hydrogen) atoms. The van der Waals surface area contributed by atoms with Crippen LogP contribution in [0.2, 0.25) is 0 Å². The SMILES string of the molecule is CCCc1cc(=O)n2n1CC=C2c1ccccc1.[C-]#[O+].[C-]#[O+].[C-]#[O+].[C-]#[O+].[C-]#[O+].[W]. The number of fused-ring (bicyclic) bond motifs is 1. The summed E-state index contributed by atoms with van der Waals surface area (Å²) in [5, 5.41) is 0. The summed E-state index contributed by atoms with van der Waals surface area (Å²) in [4.78, 5) is 12.1. The summed E-state index contributed by atoms with van der Waals surface area (Å²) in [7, 11) is 0. The van der Waals surface area contributed by atoms with Crippen molar-refractivity contribution in [2.75, 3.05) is 0 Å². The monoisotopic (exact) mass is 564 g/mol. The molecule has 2 aromatic rings. The molecule has 0 saturated heterocycles. The Hall–Kier alpha value is -2.64. The third-order valence-corrected chi connectivity index (χ3v) is 3.33. The van der Waals surface area contributed by atoms with Crippen molar-refractivity contribution in [1.82, 2.24) is 9.36 Å². The number of nitrogens with zero attached hydrogens (tertiary/aromatic N) is 2. The predicted molar refractivity (Wildman–Crippen MR) is 92.2 cm³/mol. The van der Waals surface area contributed by atoms with Crippen LogP contribution < -0.4 is 5.56 Å². The molecule has 9 heteroatoms. The van der Waals surface area contributed by atoms with Gasteiger partial charge in [0.15, 0.2) is 0 Å². The molecule has 1 aromatic heterocycles. The Morgan fingerprint density at radius 3 is 1.83 bits per heavy atom. The molecule has 0 fully saturated rings. The number of hydrogen-bond donors (Lipinski definition) is 0. The Morgan fingerprint density at radius 2 is 1.38 bits per heavy atom. The Labute approximate surface area is 183 Å². The molecule has 0 spiro atoms. The van der Waals surface area contributed by atoms with Gasteiger partial charge in [-0.25, -0.2) is 4.68 Å². The van der Waals surface area contributed by atoms with Crippen LogP contribution in [0.3, 0.4) is 0 Å². The Balaban J connectivity index is -0.000000250. The minimum absolute atomic E-state index is 0. The molecule has 1 aliphatic rings. The van der Waals surface area contributed by atoms with E-state index in [4.69, 9.17) is 23.3 Å². The molecule has 0 atom stereocenters. The second-order valence-corrected chi connectivity index (χ2v) is 4.57. The first-order valence-electron chi connectivity index (χ1n) is 7.41. The normalized spacial score (nSPS) is 8.72. The topological polar surface area (TPSA) is 126 Å². The third-order valence-electron chi connectivity index (χ3n) is 3.33. The van der Waals surface area contributed by atoms with Gasteiger partial charge < -0.3 is 0 Å². The third kappa shape index (κ3) is 9.91. The summed E-state index contributed by atoms with van der Waals surface area (Å²) in [6.45, 7) is 25.4. The van der Waals surface area contributed by atoms with Gasteiger partial charge in [0.25, 0.3) is 5.56 Å². The van der Waals surface area contributed by atoms with E-state index in [0.717, 1.165) is 36.3 Å². The van der Waals surface area contributed by atoms with Crippen molar-refractivity contribution in [3.63, 3.8) is 0 Å². The molecule has 0 aliphatic carbocycles. The fraction of sp³-hybridized carbons (Fsp3) is 0.200. The summed E-state index contributed by atoms with van der Waals surface area (Å²) in [5.74, 6) is 0. The Bertz CT molecular complexity index is 836. The van der Waals surface area contributed by atoms with E-state index in [1.807, 2.05) is 30.3 Å². The molecule has 1 aliphatic heterocycles. The molecule has 0 saturated carbocycles. The first-order chi connectivity index (χ1) is 13.8. The van der Waals surface area contributed by atoms with Crippen LogP contribution in [-0.2, 0) is 57.3 Å². The molecule has 0 radical (unpaired) electrons. The number of allylic oxidation sites excluding steroid dienone is 1. The number of aromatic nitrogens is 2. The van der Waals surface area contributed by atoms with Crippen molar-refractivity contribution in [1.29, 1.82) is 0 Å². The van der Waals surface area contributed by atoms with Gasteiger partial charge in [-0.1, -0.05) is 43.7 Å². The van der Waals surface area contributed by atoms with Gasteiger partial charge in [0, 0.05) is 32.8 Å². The van der Waals surface area contributed by atoms with E-state index < -0.39 is 0 Å². The maximum Gasteiger partial charge on any atom is 0 e. The van der Waals surface area contributed by atoms with Crippen LogP contribution in [0.25, 0.3) is 5.70 Å². The zero-order chi connectivity index (χ0) is 22.5. The second kappa shape index (κ2) is 23.4. The van der Waals surface area contributed by atoms with E-state index in [1.54, 1.807) is 10.7 Å². The van der Waals surface area contributed by atoms with Gasteiger partial charge in [-0.15, -0.1) is 0 Å². The smallest absolute Gasteiger partial charge is 0 e. The van der Waals surface area contributed by atoms with E-state index in [2.05, 4.69) is 50.9 Å². The standard InChI is InChI=1S/C15H16N2O.5CO.W/c1-2-6-13-11-15(18)17-14(9-10-16(13)17)12-7-4-3-5-8-12;5*1-2;/h3-5,7-9,11H,2,6,10H2,1H3;;;;;;. The van der Waals surface area contributed by atoms with E-state index in [-0.39, 0.29) is 26.6 Å². The van der Waals surface area contributed by atoms with Crippen molar-refractivity contribution < 1.29 is 44.3 Å². The molecule has 148 valence electrons. The summed E-state index contributed by atoms with van der Waals surface area (Å²) >= 11 is 0. The van der Waals surface area contributed by atoms with Crippen LogP contribution in [0.5, 0.6) is 0 Å². The van der Waals surface area contributed by atoms with Gasteiger partial charge in [0.1, 0.15) is 0 Å². The zero-order valence-electron chi connectivity index (χ0n) is 15.4. The maximum absolute atomic E-state index is 12.1. The van der Waals surface area contributed by atoms with Crippen molar-refractivity contribution in [2.24, 2.45) is 0 Å². The van der Waals surface area contributed by atoms with Gasteiger partial charge >= 0.3 is 56.5 Å². The quantitative estimate of drug-likeness (QED) is 0.412. The fourth-order valence-corrected chi connectivity index (χ4v) is 2.54. The number of aryl methyl sites for hydroxylation is 1. The molecular weight excluding hydrogens is 548 g/mol. The van der Waals surface area contributed by atoms with Crippen LogP contribution in [0.4, 0.5) is 0 Å². The van der Waals surface area contributed by atoms with Crippen LogP contribution in [0.1, 0.15) is 24.6 Å². The fourth-order valence-electron chi connectivity index (χ4n) is 2.54. The van der Waals surface area contributed by atoms with E-state index >= 15 is 0 Å². The number of benzene rings is 1. The molecule has 0 unspecified atom stereocenters. The van der Waals surface area contributed by atoms with Crippen LogP contribution in [0.15, 0.2) is 47.3 Å². The van der Waals surface area contributed by atoms with Crippen molar-refractivity contribution in [3.8, 4) is 0 Å². The van der Waals surface area contributed by atoms with Crippen LogP contribution >= 0.6 is 0 Å². The molecule has 0 N–H and O–H groups in total. The Kier molecular flexibility index (Phi) is 27.4. The van der Waals surface area contributed by atoms with Gasteiger partial charge in [-0.3, -0.25) is 9.48 Å². The maximum atomic E-state index is 12.1. The first-order valence-corrected chi connectivity index (χ1v) is 7.41. The average molecular weight is 564 g/mol. The van der Waals surface area contributed by atoms with E-state index in [9.17, 15) is 4.79 Å². The molecule has 0 amide bonds. The minimum Gasteiger partial charge on any atom is 0 e. The van der Waals surface area contributed by atoms with Crippen LogP contribution in [0, 0.1) is 33.3 Å². The van der Waals surface area contributed by atoms with Crippen molar-refractivity contribution >= 4 is 5.70 Å². The zero-order valence-corrected chi connectivity index (χ0v) is 18.3. The van der Waals surface area contributed by atoms with Gasteiger partial charge in [-0.05, 0) is 18.1 Å². The number of rotatable bonds is 3. The molecule has 0 bridgehead atoms. The van der Waals surface area contributed by atoms with Crippen molar-refractivity contribution in [3.05, 3.63) is 97.3 Å². The average Bonchev–Trinajstić information content (AvgIpc) is 3.38. The largest absolute Gasteiger partial charge is 0 e. The first kappa shape index (κ1) is 33.9. The molecule has 3 rings (SSSR count). The molecular formula is C20H16N2O6W. The molecule has 8 nitrogen and oxygen atoms in total. The van der Waals surface area contributed by atoms with Gasteiger partial charge in [0.2, 0.25) is 0 Å². The summed E-state index contributed by atoms with van der Waals surface area (Å²) in [6, 6.07) is 11.8. The van der Waals surface area contributed by atoms with Crippen LogP contribution in [-0.4, -0.2) is 9.36 Å². The van der Waals surface area contributed by atoms with E-state index in [1.165, 1.54) is 0 Å².